The molecule has 0 bridgehead atoms. The van der Waals surface area contributed by atoms with Gasteiger partial charge in [-0.15, -0.1) is 5.10 Å². The van der Waals surface area contributed by atoms with E-state index in [0.29, 0.717) is 6.04 Å². The predicted octanol–water partition coefficient (Wildman–Crippen LogP) is 6.32. The van der Waals surface area contributed by atoms with Crippen LogP contribution in [-0.4, -0.2) is 15.0 Å². The first-order chi connectivity index (χ1) is 10.9. The summed E-state index contributed by atoms with van der Waals surface area (Å²) >= 11 is 0. The second-order valence-electron chi connectivity index (χ2n) is 6.65. The van der Waals surface area contributed by atoms with Gasteiger partial charge in [0.15, 0.2) is 0 Å². The number of aromatic nitrogens is 3. The van der Waals surface area contributed by atoms with E-state index in [4.69, 9.17) is 0 Å². The van der Waals surface area contributed by atoms with Gasteiger partial charge in [0.2, 0.25) is 0 Å². The topological polar surface area (TPSA) is 30.7 Å². The molecule has 0 fully saturated rings. The molecule has 0 saturated carbocycles. The predicted molar refractivity (Wildman–Crippen MR) is 95.0 cm³/mol. The van der Waals surface area contributed by atoms with Crippen molar-refractivity contribution in [3.05, 3.63) is 12.4 Å². The molecular formula is C19H37N3. The number of rotatable bonds is 15. The lowest BCUT2D eigenvalue weighted by molar-refractivity contribution is 0.360. The lowest BCUT2D eigenvalue weighted by atomic mass is 10.0. The first-order valence-electron chi connectivity index (χ1n) is 9.74. The van der Waals surface area contributed by atoms with Gasteiger partial charge in [0.1, 0.15) is 0 Å². The minimum Gasteiger partial charge on any atom is -0.250 e. The van der Waals surface area contributed by atoms with E-state index in [1.807, 2.05) is 12.4 Å². The number of unbranched alkanes of at least 4 members (excludes halogenated alkanes) is 10. The normalized spacial score (nSPS) is 11.4. The van der Waals surface area contributed by atoms with Crippen molar-refractivity contribution >= 4 is 0 Å². The zero-order chi connectivity index (χ0) is 15.9. The van der Waals surface area contributed by atoms with Crippen LogP contribution in [-0.2, 0) is 0 Å². The SMILES string of the molecule is CCCCCCCCC(CCCCCCCC)n1ccnn1. The third-order valence-corrected chi connectivity index (χ3v) is 4.60. The van der Waals surface area contributed by atoms with Gasteiger partial charge in [-0.25, -0.2) is 4.68 Å². The Bertz CT molecular complexity index is 305. The van der Waals surface area contributed by atoms with Crippen LogP contribution in [0.2, 0.25) is 0 Å². The molecule has 0 aliphatic heterocycles. The summed E-state index contributed by atoms with van der Waals surface area (Å²) in [7, 11) is 0. The molecule has 22 heavy (non-hydrogen) atoms. The average molecular weight is 308 g/mol. The minimum atomic E-state index is 0.569. The van der Waals surface area contributed by atoms with E-state index in [-0.39, 0.29) is 0 Å². The van der Waals surface area contributed by atoms with Crippen LogP contribution >= 0.6 is 0 Å². The second-order valence-corrected chi connectivity index (χ2v) is 6.65. The second kappa shape index (κ2) is 13.8. The molecule has 3 nitrogen and oxygen atoms in total. The molecule has 1 aromatic heterocycles. The molecule has 128 valence electrons. The molecule has 1 rings (SSSR count). The Morgan fingerprint density at radius 3 is 1.68 bits per heavy atom. The van der Waals surface area contributed by atoms with Crippen molar-refractivity contribution in [1.29, 1.82) is 0 Å². The number of nitrogens with zero attached hydrogens (tertiary/aromatic N) is 3. The summed E-state index contributed by atoms with van der Waals surface area (Å²) in [5, 5.41) is 8.23. The zero-order valence-corrected chi connectivity index (χ0v) is 15.0. The summed E-state index contributed by atoms with van der Waals surface area (Å²) < 4.78 is 2.10. The van der Waals surface area contributed by atoms with E-state index >= 15 is 0 Å². The molecule has 0 unspecified atom stereocenters. The number of hydrogen-bond donors (Lipinski definition) is 0. The van der Waals surface area contributed by atoms with Gasteiger partial charge in [0.05, 0.1) is 12.2 Å². The Morgan fingerprint density at radius 1 is 0.727 bits per heavy atom. The van der Waals surface area contributed by atoms with Crippen LogP contribution in [0.15, 0.2) is 12.4 Å². The summed E-state index contributed by atoms with van der Waals surface area (Å²) in [4.78, 5) is 0. The van der Waals surface area contributed by atoms with Crippen molar-refractivity contribution in [1.82, 2.24) is 15.0 Å². The van der Waals surface area contributed by atoms with E-state index in [2.05, 4.69) is 28.8 Å². The van der Waals surface area contributed by atoms with Crippen molar-refractivity contribution in [3.63, 3.8) is 0 Å². The molecule has 0 aliphatic carbocycles. The van der Waals surface area contributed by atoms with E-state index in [1.165, 1.54) is 89.9 Å². The Balaban J connectivity index is 2.17. The fourth-order valence-electron chi connectivity index (χ4n) is 3.14. The molecule has 0 atom stereocenters. The van der Waals surface area contributed by atoms with Crippen molar-refractivity contribution < 1.29 is 0 Å². The molecule has 0 aromatic carbocycles. The van der Waals surface area contributed by atoms with Crippen LogP contribution in [0, 0.1) is 0 Å². The monoisotopic (exact) mass is 307 g/mol. The quantitative estimate of drug-likeness (QED) is 0.355. The standard InChI is InChI=1S/C19H37N3/c1-3-5-7-9-11-13-15-19(22-18-17-20-21-22)16-14-12-10-8-6-4-2/h17-19H,3-16H2,1-2H3. The molecule has 0 N–H and O–H groups in total. The molecule has 3 heteroatoms. The molecule has 0 radical (unpaired) electrons. The molecule has 0 saturated heterocycles. The fraction of sp³-hybridized carbons (Fsp3) is 0.895. The highest BCUT2D eigenvalue weighted by Gasteiger charge is 2.11. The van der Waals surface area contributed by atoms with Crippen LogP contribution in [0.1, 0.15) is 110 Å². The van der Waals surface area contributed by atoms with Gasteiger partial charge < -0.3 is 0 Å². The Kier molecular flexibility index (Phi) is 12.0. The lowest BCUT2D eigenvalue weighted by Crippen LogP contribution is -2.10. The molecule has 0 aliphatic rings. The molecule has 0 amide bonds. The molecular weight excluding hydrogens is 270 g/mol. The van der Waals surface area contributed by atoms with E-state index < -0.39 is 0 Å². The maximum absolute atomic E-state index is 4.24. The van der Waals surface area contributed by atoms with Gasteiger partial charge in [-0.2, -0.15) is 0 Å². The maximum Gasteiger partial charge on any atom is 0.0693 e. The summed E-state index contributed by atoms with van der Waals surface area (Å²) in [6, 6.07) is 0.569. The van der Waals surface area contributed by atoms with Crippen LogP contribution in [0.4, 0.5) is 0 Å². The number of hydrogen-bond acceptors (Lipinski definition) is 2. The first kappa shape index (κ1) is 19.2. The Morgan fingerprint density at radius 2 is 1.23 bits per heavy atom. The van der Waals surface area contributed by atoms with Gasteiger partial charge >= 0.3 is 0 Å². The Hall–Kier alpha value is -0.860. The molecule has 1 aromatic rings. The van der Waals surface area contributed by atoms with Gasteiger partial charge in [-0.3, -0.25) is 0 Å². The van der Waals surface area contributed by atoms with Crippen molar-refractivity contribution in [2.45, 2.75) is 110 Å². The third kappa shape index (κ3) is 9.22. The maximum atomic E-state index is 4.24. The molecule has 0 spiro atoms. The van der Waals surface area contributed by atoms with E-state index in [0.717, 1.165) is 0 Å². The largest absolute Gasteiger partial charge is 0.250 e. The van der Waals surface area contributed by atoms with Crippen LogP contribution in [0.3, 0.4) is 0 Å². The van der Waals surface area contributed by atoms with Gasteiger partial charge in [-0.1, -0.05) is 96.1 Å². The fourth-order valence-corrected chi connectivity index (χ4v) is 3.14. The van der Waals surface area contributed by atoms with E-state index in [9.17, 15) is 0 Å². The molecule has 1 heterocycles. The van der Waals surface area contributed by atoms with Gasteiger partial charge in [0.25, 0.3) is 0 Å². The first-order valence-corrected chi connectivity index (χ1v) is 9.74. The van der Waals surface area contributed by atoms with Crippen molar-refractivity contribution in [2.24, 2.45) is 0 Å². The highest BCUT2D eigenvalue weighted by atomic mass is 15.4. The van der Waals surface area contributed by atoms with Crippen LogP contribution in [0.25, 0.3) is 0 Å². The summed E-state index contributed by atoms with van der Waals surface area (Å²) in [6.07, 6.45) is 22.9. The third-order valence-electron chi connectivity index (χ3n) is 4.60. The van der Waals surface area contributed by atoms with Crippen molar-refractivity contribution in [2.75, 3.05) is 0 Å². The zero-order valence-electron chi connectivity index (χ0n) is 15.0. The summed E-state index contributed by atoms with van der Waals surface area (Å²) in [5.41, 5.74) is 0. The highest BCUT2D eigenvalue weighted by molar-refractivity contribution is 4.73. The van der Waals surface area contributed by atoms with E-state index in [1.54, 1.807) is 0 Å². The average Bonchev–Trinajstić information content (AvgIpc) is 3.06. The van der Waals surface area contributed by atoms with Gasteiger partial charge in [0, 0.05) is 6.20 Å². The lowest BCUT2D eigenvalue weighted by Gasteiger charge is -2.17. The Labute approximate surface area is 137 Å². The smallest absolute Gasteiger partial charge is 0.0693 e. The highest BCUT2D eigenvalue weighted by Crippen LogP contribution is 2.22. The van der Waals surface area contributed by atoms with Crippen LogP contribution in [0.5, 0.6) is 0 Å². The van der Waals surface area contributed by atoms with Crippen molar-refractivity contribution in [3.8, 4) is 0 Å². The minimum absolute atomic E-state index is 0.569. The van der Waals surface area contributed by atoms with Crippen LogP contribution < -0.4 is 0 Å². The van der Waals surface area contributed by atoms with Gasteiger partial charge in [-0.05, 0) is 12.8 Å². The summed E-state index contributed by atoms with van der Waals surface area (Å²) in [5.74, 6) is 0. The summed E-state index contributed by atoms with van der Waals surface area (Å²) in [6.45, 7) is 4.56.